The predicted octanol–water partition coefficient (Wildman–Crippen LogP) is 1.93. The molecule has 2 unspecified atom stereocenters. The van der Waals surface area contributed by atoms with Gasteiger partial charge in [0.15, 0.2) is 5.79 Å². The maximum atomic E-state index is 11.2. The molecule has 1 aromatic rings. The molecule has 20 heavy (non-hydrogen) atoms. The zero-order valence-electron chi connectivity index (χ0n) is 12.0. The normalized spacial score (nSPS) is 25.4. The topological polar surface area (TPSA) is 54.0 Å². The van der Waals surface area contributed by atoms with Crippen molar-refractivity contribution >= 4 is 5.97 Å². The van der Waals surface area contributed by atoms with Crippen LogP contribution in [0.5, 0.6) is 5.75 Å². The molecular formula is C15H20O5. The summed E-state index contributed by atoms with van der Waals surface area (Å²) in [5.41, 5.74) is 1.09. The molecule has 0 bridgehead atoms. The molecule has 5 heteroatoms. The number of hydrogen-bond donors (Lipinski definition) is 0. The van der Waals surface area contributed by atoms with Crippen LogP contribution in [-0.2, 0) is 25.4 Å². The molecule has 1 aliphatic heterocycles. The number of carbonyl (C=O) groups is 1. The molecule has 0 N–H and O–H groups in total. The first-order valence-corrected chi connectivity index (χ1v) is 6.56. The fourth-order valence-electron chi connectivity index (χ4n) is 2.27. The van der Waals surface area contributed by atoms with Crippen LogP contribution in [0.15, 0.2) is 24.3 Å². The van der Waals surface area contributed by atoms with Crippen molar-refractivity contribution in [3.05, 3.63) is 29.8 Å². The van der Waals surface area contributed by atoms with Crippen LogP contribution in [0.25, 0.3) is 0 Å². The third-order valence-electron chi connectivity index (χ3n) is 3.30. The maximum absolute atomic E-state index is 11.2. The molecule has 2 atom stereocenters. The number of carbonyl (C=O) groups excluding carboxylic acids is 1. The number of methoxy groups -OCH3 is 2. The number of esters is 1. The molecule has 0 radical (unpaired) electrons. The van der Waals surface area contributed by atoms with Crippen molar-refractivity contribution in [3.63, 3.8) is 0 Å². The van der Waals surface area contributed by atoms with Crippen LogP contribution in [0.4, 0.5) is 0 Å². The first-order chi connectivity index (χ1) is 9.54. The van der Waals surface area contributed by atoms with Gasteiger partial charge in [-0.3, -0.25) is 4.79 Å². The summed E-state index contributed by atoms with van der Waals surface area (Å²) >= 11 is 0. The molecule has 2 rings (SSSR count). The summed E-state index contributed by atoms with van der Waals surface area (Å²) < 4.78 is 21.3. The van der Waals surface area contributed by atoms with Gasteiger partial charge in [-0.25, -0.2) is 0 Å². The fourth-order valence-corrected chi connectivity index (χ4v) is 2.27. The van der Waals surface area contributed by atoms with Gasteiger partial charge in [0.2, 0.25) is 0 Å². The van der Waals surface area contributed by atoms with Crippen molar-refractivity contribution in [1.82, 2.24) is 0 Å². The van der Waals surface area contributed by atoms with Crippen molar-refractivity contribution in [3.8, 4) is 5.75 Å². The quantitative estimate of drug-likeness (QED) is 0.771. The lowest BCUT2D eigenvalue weighted by Gasteiger charge is -2.23. The average Bonchev–Trinajstić information content (AvgIpc) is 2.80. The number of benzene rings is 1. The van der Waals surface area contributed by atoms with Gasteiger partial charge < -0.3 is 18.9 Å². The molecule has 0 spiro atoms. The first-order valence-electron chi connectivity index (χ1n) is 6.56. The summed E-state index contributed by atoms with van der Waals surface area (Å²) in [4.78, 5) is 11.2. The molecule has 1 fully saturated rings. The molecule has 110 valence electrons. The molecule has 5 nitrogen and oxygen atoms in total. The van der Waals surface area contributed by atoms with E-state index in [0.717, 1.165) is 11.3 Å². The van der Waals surface area contributed by atoms with Gasteiger partial charge in [0.1, 0.15) is 5.75 Å². The lowest BCUT2D eigenvalue weighted by molar-refractivity contribution is -0.159. The van der Waals surface area contributed by atoms with Crippen LogP contribution in [0.3, 0.4) is 0 Å². The largest absolute Gasteiger partial charge is 0.497 e. The van der Waals surface area contributed by atoms with Crippen LogP contribution in [-0.4, -0.2) is 38.7 Å². The van der Waals surface area contributed by atoms with Crippen LogP contribution >= 0.6 is 0 Å². The Labute approximate surface area is 118 Å². The summed E-state index contributed by atoms with van der Waals surface area (Å²) in [6.07, 6.45) is 0.592. The second-order valence-corrected chi connectivity index (χ2v) is 4.99. The third kappa shape index (κ3) is 3.71. The van der Waals surface area contributed by atoms with E-state index in [1.165, 1.54) is 7.11 Å². The highest BCUT2D eigenvalue weighted by Gasteiger charge is 2.38. The van der Waals surface area contributed by atoms with Crippen LogP contribution in [0.1, 0.15) is 18.9 Å². The van der Waals surface area contributed by atoms with E-state index in [1.807, 2.05) is 31.2 Å². The van der Waals surface area contributed by atoms with Crippen LogP contribution in [0.2, 0.25) is 0 Å². The van der Waals surface area contributed by atoms with Gasteiger partial charge >= 0.3 is 5.97 Å². The Kier molecular flexibility index (Phi) is 4.62. The third-order valence-corrected chi connectivity index (χ3v) is 3.30. The summed E-state index contributed by atoms with van der Waals surface area (Å²) in [5.74, 6) is -0.171. The van der Waals surface area contributed by atoms with Crippen molar-refractivity contribution in [1.29, 1.82) is 0 Å². The van der Waals surface area contributed by atoms with Gasteiger partial charge in [-0.2, -0.15) is 0 Å². The van der Waals surface area contributed by atoms with Gasteiger partial charge in [0.05, 0.1) is 33.4 Å². The Balaban J connectivity index is 1.93. The average molecular weight is 280 g/mol. The summed E-state index contributed by atoms with van der Waals surface area (Å²) in [5, 5.41) is 0. The van der Waals surface area contributed by atoms with Crippen molar-refractivity contribution in [2.45, 2.75) is 31.7 Å². The molecule has 0 amide bonds. The molecule has 1 saturated heterocycles. The van der Waals surface area contributed by atoms with E-state index in [1.54, 1.807) is 7.11 Å². The van der Waals surface area contributed by atoms with Crippen LogP contribution in [0, 0.1) is 0 Å². The number of ether oxygens (including phenoxy) is 4. The Morgan fingerprint density at radius 2 is 2.05 bits per heavy atom. The zero-order chi connectivity index (χ0) is 14.6. The highest BCUT2D eigenvalue weighted by molar-refractivity contribution is 5.69. The van der Waals surface area contributed by atoms with Crippen molar-refractivity contribution in [2.24, 2.45) is 0 Å². The molecule has 1 aliphatic rings. The maximum Gasteiger partial charge on any atom is 0.308 e. The lowest BCUT2D eigenvalue weighted by atomic mass is 10.1. The Bertz CT molecular complexity index is 456. The standard InChI is InChI=1S/C15H20O5/c1-15(9-11-4-6-12(17-2)7-5-11)19-10-13(20-15)8-14(16)18-3/h4-7,13H,8-10H2,1-3H3. The highest BCUT2D eigenvalue weighted by Crippen LogP contribution is 2.29. The molecule has 1 aromatic carbocycles. The monoisotopic (exact) mass is 280 g/mol. The van der Waals surface area contributed by atoms with Crippen molar-refractivity contribution < 1.29 is 23.7 Å². The summed E-state index contributed by atoms with van der Waals surface area (Å²) in [6.45, 7) is 2.29. The predicted molar refractivity (Wildman–Crippen MR) is 72.6 cm³/mol. The van der Waals surface area contributed by atoms with E-state index >= 15 is 0 Å². The minimum Gasteiger partial charge on any atom is -0.497 e. The Morgan fingerprint density at radius 3 is 2.65 bits per heavy atom. The van der Waals surface area contributed by atoms with E-state index in [4.69, 9.17) is 14.2 Å². The van der Waals surface area contributed by atoms with E-state index < -0.39 is 5.79 Å². The molecule has 0 aliphatic carbocycles. The Hall–Kier alpha value is -1.59. The van der Waals surface area contributed by atoms with Gasteiger partial charge in [0.25, 0.3) is 0 Å². The molecule has 0 aromatic heterocycles. The van der Waals surface area contributed by atoms with E-state index in [2.05, 4.69) is 4.74 Å². The van der Waals surface area contributed by atoms with Gasteiger partial charge in [-0.1, -0.05) is 12.1 Å². The van der Waals surface area contributed by atoms with Gasteiger partial charge in [-0.15, -0.1) is 0 Å². The lowest BCUT2D eigenvalue weighted by Crippen LogP contribution is -2.30. The van der Waals surface area contributed by atoms with E-state index in [-0.39, 0.29) is 18.5 Å². The SMILES string of the molecule is COC(=O)CC1COC(C)(Cc2ccc(OC)cc2)O1. The molecule has 1 heterocycles. The van der Waals surface area contributed by atoms with Crippen LogP contribution < -0.4 is 4.74 Å². The van der Waals surface area contributed by atoms with Crippen molar-refractivity contribution in [2.75, 3.05) is 20.8 Å². The Morgan fingerprint density at radius 1 is 1.35 bits per heavy atom. The van der Waals surface area contributed by atoms with E-state index in [0.29, 0.717) is 13.0 Å². The number of rotatable bonds is 5. The number of hydrogen-bond acceptors (Lipinski definition) is 5. The molecular weight excluding hydrogens is 260 g/mol. The first kappa shape index (κ1) is 14.8. The summed E-state index contributed by atoms with van der Waals surface area (Å²) in [6, 6.07) is 7.76. The minimum atomic E-state index is -0.701. The molecule has 0 saturated carbocycles. The second-order valence-electron chi connectivity index (χ2n) is 4.99. The van der Waals surface area contributed by atoms with Gasteiger partial charge in [-0.05, 0) is 24.6 Å². The smallest absolute Gasteiger partial charge is 0.308 e. The van der Waals surface area contributed by atoms with E-state index in [9.17, 15) is 4.79 Å². The zero-order valence-corrected chi connectivity index (χ0v) is 12.0. The fraction of sp³-hybridized carbons (Fsp3) is 0.533. The highest BCUT2D eigenvalue weighted by atomic mass is 16.7. The minimum absolute atomic E-state index is 0.217. The summed E-state index contributed by atoms with van der Waals surface area (Å²) in [7, 11) is 3.01. The second kappa shape index (κ2) is 6.24. The van der Waals surface area contributed by atoms with Gasteiger partial charge in [0, 0.05) is 6.42 Å².